The van der Waals surface area contributed by atoms with Gasteiger partial charge in [-0.1, -0.05) is 26.0 Å². The van der Waals surface area contributed by atoms with Gasteiger partial charge >= 0.3 is 0 Å². The number of imidazole rings is 1. The summed E-state index contributed by atoms with van der Waals surface area (Å²) < 4.78 is 2.01. The molecule has 0 radical (unpaired) electrons. The summed E-state index contributed by atoms with van der Waals surface area (Å²) in [6.45, 7) is 7.71. The molecular weight excluding hydrogens is 360 g/mol. The van der Waals surface area contributed by atoms with Crippen LogP contribution in [0.25, 0.3) is 22.0 Å². The van der Waals surface area contributed by atoms with Crippen molar-refractivity contribution >= 4 is 16.6 Å². The van der Waals surface area contributed by atoms with Crippen LogP contribution < -0.4 is 0 Å². The molecular formula is C24H30N4O. The highest BCUT2D eigenvalue weighted by Gasteiger charge is 2.25. The highest BCUT2D eigenvalue weighted by atomic mass is 16.1. The van der Waals surface area contributed by atoms with Crippen molar-refractivity contribution < 1.29 is 4.79 Å². The quantitative estimate of drug-likeness (QED) is 0.635. The molecule has 5 nitrogen and oxygen atoms in total. The highest BCUT2D eigenvalue weighted by Crippen LogP contribution is 2.25. The van der Waals surface area contributed by atoms with Gasteiger partial charge in [0.25, 0.3) is 0 Å². The summed E-state index contributed by atoms with van der Waals surface area (Å²) in [6.07, 6.45) is 7.95. The van der Waals surface area contributed by atoms with E-state index in [-0.39, 0.29) is 5.92 Å². The zero-order valence-electron chi connectivity index (χ0n) is 17.6. The van der Waals surface area contributed by atoms with Crippen molar-refractivity contribution in [3.63, 3.8) is 0 Å². The first-order valence-corrected chi connectivity index (χ1v) is 10.6. The fourth-order valence-electron chi connectivity index (χ4n) is 4.35. The minimum atomic E-state index is 0.177. The summed E-state index contributed by atoms with van der Waals surface area (Å²) in [5.74, 6) is 1.20. The third kappa shape index (κ3) is 4.56. The van der Waals surface area contributed by atoms with Gasteiger partial charge in [0.2, 0.25) is 0 Å². The molecule has 0 N–H and O–H groups in total. The predicted octanol–water partition coefficient (Wildman–Crippen LogP) is 4.11. The number of rotatable bonds is 6. The van der Waals surface area contributed by atoms with Gasteiger partial charge in [-0.3, -0.25) is 9.78 Å². The van der Waals surface area contributed by atoms with Crippen molar-refractivity contribution in [3.05, 3.63) is 48.7 Å². The second-order valence-corrected chi connectivity index (χ2v) is 8.74. The van der Waals surface area contributed by atoms with E-state index in [1.54, 1.807) is 0 Å². The minimum Gasteiger partial charge on any atom is -0.334 e. The van der Waals surface area contributed by atoms with Crippen molar-refractivity contribution in [2.24, 2.45) is 18.9 Å². The zero-order chi connectivity index (χ0) is 20.4. The number of carbonyl (C=O) groups is 1. The number of likely N-dealkylation sites (tertiary alicyclic amines) is 1. The molecule has 1 aliphatic heterocycles. The molecule has 0 aliphatic carbocycles. The van der Waals surface area contributed by atoms with Crippen LogP contribution in [0.5, 0.6) is 0 Å². The van der Waals surface area contributed by atoms with E-state index in [0.29, 0.717) is 18.1 Å². The Labute approximate surface area is 172 Å². The first-order chi connectivity index (χ1) is 14.0. The summed E-state index contributed by atoms with van der Waals surface area (Å²) >= 11 is 0. The molecule has 4 rings (SSSR count). The molecule has 3 heterocycles. The van der Waals surface area contributed by atoms with Crippen LogP contribution in [0.15, 0.2) is 43.0 Å². The van der Waals surface area contributed by atoms with Gasteiger partial charge in [-0.25, -0.2) is 4.98 Å². The van der Waals surface area contributed by atoms with Gasteiger partial charge in [0, 0.05) is 48.8 Å². The Kier molecular flexibility index (Phi) is 5.76. The SMILES string of the molecule is CC(C)CN1CCC(C(=O)Cc2cc3cc(-c4cncn4C)ccc3cn2)CC1. The fourth-order valence-corrected chi connectivity index (χ4v) is 4.35. The molecule has 0 saturated carbocycles. The number of benzene rings is 1. The van der Waals surface area contributed by atoms with Gasteiger partial charge < -0.3 is 9.47 Å². The Balaban J connectivity index is 1.45. The average Bonchev–Trinajstić information content (AvgIpc) is 3.13. The Hall–Kier alpha value is -2.53. The molecule has 0 amide bonds. The summed E-state index contributed by atoms with van der Waals surface area (Å²) in [5, 5.41) is 2.21. The lowest BCUT2D eigenvalue weighted by Crippen LogP contribution is -2.38. The number of aryl methyl sites for hydroxylation is 1. The number of Topliss-reactive ketones (excluding diaryl/α,β-unsaturated/α-hetero) is 1. The topological polar surface area (TPSA) is 51.0 Å². The number of piperidine rings is 1. The molecule has 0 unspecified atom stereocenters. The summed E-state index contributed by atoms with van der Waals surface area (Å²) in [5.41, 5.74) is 3.07. The van der Waals surface area contributed by atoms with Crippen LogP contribution in [0.2, 0.25) is 0 Å². The van der Waals surface area contributed by atoms with Gasteiger partial charge in [-0.05, 0) is 49.4 Å². The number of hydrogen-bond acceptors (Lipinski definition) is 4. The number of aromatic nitrogens is 3. The zero-order valence-corrected chi connectivity index (χ0v) is 17.6. The van der Waals surface area contributed by atoms with Crippen molar-refractivity contribution in [1.82, 2.24) is 19.4 Å². The standard InChI is InChI=1S/C24H30N4O/c1-17(2)15-28-8-6-18(7-9-28)24(29)12-22-11-21-10-19(4-5-20(21)13-26-22)23-14-25-16-27(23)3/h4-5,10-11,13-14,16-18H,6-9,12,15H2,1-3H3. The smallest absolute Gasteiger partial charge is 0.142 e. The summed E-state index contributed by atoms with van der Waals surface area (Å²) in [7, 11) is 2.00. The van der Waals surface area contributed by atoms with E-state index in [1.165, 1.54) is 0 Å². The van der Waals surface area contributed by atoms with E-state index < -0.39 is 0 Å². The van der Waals surface area contributed by atoms with E-state index in [1.807, 2.05) is 30.3 Å². The van der Waals surface area contributed by atoms with Crippen molar-refractivity contribution in [3.8, 4) is 11.3 Å². The number of ketones is 1. The Morgan fingerprint density at radius 2 is 1.93 bits per heavy atom. The predicted molar refractivity (Wildman–Crippen MR) is 117 cm³/mol. The highest BCUT2D eigenvalue weighted by molar-refractivity contribution is 5.88. The largest absolute Gasteiger partial charge is 0.334 e. The molecule has 152 valence electrons. The minimum absolute atomic E-state index is 0.177. The van der Waals surface area contributed by atoms with Gasteiger partial charge in [0.15, 0.2) is 0 Å². The monoisotopic (exact) mass is 390 g/mol. The van der Waals surface area contributed by atoms with Crippen LogP contribution >= 0.6 is 0 Å². The third-order valence-corrected chi connectivity index (χ3v) is 5.91. The normalized spacial score (nSPS) is 16.0. The van der Waals surface area contributed by atoms with Gasteiger partial charge in [-0.2, -0.15) is 0 Å². The first-order valence-electron chi connectivity index (χ1n) is 10.6. The van der Waals surface area contributed by atoms with E-state index in [9.17, 15) is 4.79 Å². The van der Waals surface area contributed by atoms with Crippen LogP contribution in [0.1, 0.15) is 32.4 Å². The van der Waals surface area contributed by atoms with Crippen LogP contribution in [0.3, 0.4) is 0 Å². The maximum absolute atomic E-state index is 12.9. The Morgan fingerprint density at radius 3 is 2.62 bits per heavy atom. The van der Waals surface area contributed by atoms with Gasteiger partial charge in [0.1, 0.15) is 5.78 Å². The maximum atomic E-state index is 12.9. The number of hydrogen-bond donors (Lipinski definition) is 0. The molecule has 1 aliphatic rings. The molecule has 3 aromatic rings. The van der Waals surface area contributed by atoms with Crippen molar-refractivity contribution in [1.29, 1.82) is 0 Å². The number of carbonyl (C=O) groups excluding carboxylic acids is 1. The first kappa shape index (κ1) is 19.8. The van der Waals surface area contributed by atoms with Gasteiger partial charge in [0.05, 0.1) is 18.2 Å². The molecule has 0 spiro atoms. The lowest BCUT2D eigenvalue weighted by molar-refractivity contribution is -0.123. The second kappa shape index (κ2) is 8.46. The van der Waals surface area contributed by atoms with Gasteiger partial charge in [-0.15, -0.1) is 0 Å². The van der Waals surface area contributed by atoms with Crippen LogP contribution in [-0.2, 0) is 18.3 Å². The Bertz CT molecular complexity index is 999. The average molecular weight is 391 g/mol. The molecule has 0 atom stereocenters. The molecule has 2 aromatic heterocycles. The van der Waals surface area contributed by atoms with E-state index in [4.69, 9.17) is 0 Å². The molecule has 1 aromatic carbocycles. The van der Waals surface area contributed by atoms with Crippen molar-refractivity contribution in [2.75, 3.05) is 19.6 Å². The van der Waals surface area contributed by atoms with E-state index in [2.05, 4.69) is 53.0 Å². The number of nitrogens with zero attached hydrogens (tertiary/aromatic N) is 4. The fraction of sp³-hybridized carbons (Fsp3) is 0.458. The molecule has 5 heteroatoms. The van der Waals surface area contributed by atoms with Crippen LogP contribution in [0.4, 0.5) is 0 Å². The molecule has 1 saturated heterocycles. The van der Waals surface area contributed by atoms with Crippen LogP contribution in [0, 0.1) is 11.8 Å². The third-order valence-electron chi connectivity index (χ3n) is 5.91. The van der Waals surface area contributed by atoms with Crippen LogP contribution in [-0.4, -0.2) is 44.9 Å². The van der Waals surface area contributed by atoms with Crippen molar-refractivity contribution in [2.45, 2.75) is 33.1 Å². The molecule has 29 heavy (non-hydrogen) atoms. The maximum Gasteiger partial charge on any atom is 0.142 e. The van der Waals surface area contributed by atoms with E-state index in [0.717, 1.165) is 60.2 Å². The summed E-state index contributed by atoms with van der Waals surface area (Å²) in [4.78, 5) is 24.1. The Morgan fingerprint density at radius 1 is 1.14 bits per heavy atom. The second-order valence-electron chi connectivity index (χ2n) is 8.74. The summed E-state index contributed by atoms with van der Waals surface area (Å²) in [6, 6.07) is 8.41. The van der Waals surface area contributed by atoms with E-state index >= 15 is 0 Å². The molecule has 0 bridgehead atoms. The number of fused-ring (bicyclic) bond motifs is 1. The lowest BCUT2D eigenvalue weighted by Gasteiger charge is -2.32. The lowest BCUT2D eigenvalue weighted by atomic mass is 9.89. The molecule has 1 fully saturated rings. The number of pyridine rings is 1.